The van der Waals surface area contributed by atoms with Crippen molar-refractivity contribution in [3.05, 3.63) is 57.3 Å². The predicted molar refractivity (Wildman–Crippen MR) is 78.8 cm³/mol. The SMILES string of the molecule is Cc1oc2nc[nH]c(=O)c2c1C(=O)Nc1cccc(Cl)c1. The van der Waals surface area contributed by atoms with E-state index < -0.39 is 11.5 Å². The summed E-state index contributed by atoms with van der Waals surface area (Å²) in [6.07, 6.45) is 1.23. The number of aromatic amines is 1. The average Bonchev–Trinajstić information content (AvgIpc) is 2.76. The molecule has 6 nitrogen and oxygen atoms in total. The maximum Gasteiger partial charge on any atom is 0.262 e. The Balaban J connectivity index is 2.06. The van der Waals surface area contributed by atoms with Gasteiger partial charge in [0.05, 0.1) is 11.9 Å². The number of hydrogen-bond acceptors (Lipinski definition) is 4. The van der Waals surface area contributed by atoms with Gasteiger partial charge in [0.25, 0.3) is 11.5 Å². The number of fused-ring (bicyclic) bond motifs is 1. The molecule has 7 heteroatoms. The predicted octanol–water partition coefficient (Wildman–Crippen LogP) is 2.73. The molecule has 0 radical (unpaired) electrons. The molecule has 0 spiro atoms. The van der Waals surface area contributed by atoms with Crippen LogP contribution in [0.3, 0.4) is 0 Å². The molecule has 1 amide bonds. The fourth-order valence-electron chi connectivity index (χ4n) is 2.09. The molecule has 0 aliphatic carbocycles. The summed E-state index contributed by atoms with van der Waals surface area (Å²) in [4.78, 5) is 30.6. The second-order valence-corrected chi connectivity index (χ2v) is 4.85. The lowest BCUT2D eigenvalue weighted by atomic mass is 10.1. The summed E-state index contributed by atoms with van der Waals surface area (Å²) in [7, 11) is 0. The summed E-state index contributed by atoms with van der Waals surface area (Å²) in [5.74, 6) is -0.124. The third-order valence-corrected chi connectivity index (χ3v) is 3.21. The van der Waals surface area contributed by atoms with Crippen LogP contribution in [0, 0.1) is 6.92 Å². The van der Waals surface area contributed by atoms with E-state index >= 15 is 0 Å². The monoisotopic (exact) mass is 303 g/mol. The Morgan fingerprint density at radius 3 is 3.00 bits per heavy atom. The molecule has 3 rings (SSSR count). The highest BCUT2D eigenvalue weighted by Gasteiger charge is 2.21. The lowest BCUT2D eigenvalue weighted by Gasteiger charge is -2.04. The lowest BCUT2D eigenvalue weighted by Crippen LogP contribution is -2.16. The summed E-state index contributed by atoms with van der Waals surface area (Å²) in [6, 6.07) is 6.72. The van der Waals surface area contributed by atoms with E-state index in [-0.39, 0.29) is 16.7 Å². The Kier molecular flexibility index (Phi) is 3.23. The van der Waals surface area contributed by atoms with Crippen LogP contribution in [0.2, 0.25) is 5.02 Å². The second-order valence-electron chi connectivity index (χ2n) is 4.41. The Morgan fingerprint density at radius 2 is 2.24 bits per heavy atom. The van der Waals surface area contributed by atoms with Gasteiger partial charge < -0.3 is 14.7 Å². The summed E-state index contributed by atoms with van der Waals surface area (Å²) >= 11 is 5.87. The molecule has 0 atom stereocenters. The third-order valence-electron chi connectivity index (χ3n) is 2.98. The summed E-state index contributed by atoms with van der Waals surface area (Å²) in [5, 5.41) is 3.32. The number of hydrogen-bond donors (Lipinski definition) is 2. The Bertz CT molecular complexity index is 898. The van der Waals surface area contributed by atoms with E-state index in [1.54, 1.807) is 31.2 Å². The molecule has 3 aromatic rings. The molecule has 0 saturated heterocycles. The maximum atomic E-state index is 12.4. The minimum atomic E-state index is -0.452. The van der Waals surface area contributed by atoms with Gasteiger partial charge in [-0.2, -0.15) is 0 Å². The second kappa shape index (κ2) is 5.06. The number of H-pyrrole nitrogens is 1. The van der Waals surface area contributed by atoms with Gasteiger partial charge in [-0.15, -0.1) is 0 Å². The summed E-state index contributed by atoms with van der Waals surface area (Å²) in [5.41, 5.74) is 0.404. The van der Waals surface area contributed by atoms with Gasteiger partial charge in [-0.05, 0) is 25.1 Å². The minimum absolute atomic E-state index is 0.132. The van der Waals surface area contributed by atoms with Gasteiger partial charge in [0, 0.05) is 10.7 Å². The zero-order valence-corrected chi connectivity index (χ0v) is 11.7. The highest BCUT2D eigenvalue weighted by molar-refractivity contribution is 6.31. The Morgan fingerprint density at radius 1 is 1.43 bits per heavy atom. The highest BCUT2D eigenvalue weighted by atomic mass is 35.5. The number of nitrogens with zero attached hydrogens (tertiary/aromatic N) is 1. The number of benzene rings is 1. The first-order valence-electron chi connectivity index (χ1n) is 6.10. The van der Waals surface area contributed by atoms with Crippen LogP contribution in [0.1, 0.15) is 16.1 Å². The van der Waals surface area contributed by atoms with Crippen molar-refractivity contribution in [2.75, 3.05) is 5.32 Å². The van der Waals surface area contributed by atoms with E-state index in [0.717, 1.165) is 0 Å². The number of rotatable bonds is 2. The van der Waals surface area contributed by atoms with Crippen LogP contribution in [-0.2, 0) is 0 Å². The average molecular weight is 304 g/mol. The van der Waals surface area contributed by atoms with Crippen molar-refractivity contribution in [2.45, 2.75) is 6.92 Å². The zero-order valence-electron chi connectivity index (χ0n) is 10.9. The van der Waals surface area contributed by atoms with Crippen LogP contribution >= 0.6 is 11.6 Å². The van der Waals surface area contributed by atoms with Gasteiger partial charge in [-0.25, -0.2) is 4.98 Å². The fraction of sp³-hybridized carbons (Fsp3) is 0.0714. The van der Waals surface area contributed by atoms with Gasteiger partial charge >= 0.3 is 0 Å². The van der Waals surface area contributed by atoms with E-state index in [1.807, 2.05) is 0 Å². The van der Waals surface area contributed by atoms with Crippen LogP contribution in [0.15, 0.2) is 39.8 Å². The van der Waals surface area contributed by atoms with E-state index in [9.17, 15) is 9.59 Å². The largest absolute Gasteiger partial charge is 0.442 e. The lowest BCUT2D eigenvalue weighted by molar-refractivity contribution is 0.102. The van der Waals surface area contributed by atoms with Gasteiger partial charge in [-0.3, -0.25) is 9.59 Å². The van der Waals surface area contributed by atoms with Gasteiger partial charge in [0.15, 0.2) is 0 Å². The number of halogens is 1. The van der Waals surface area contributed by atoms with Gasteiger partial charge in [0.2, 0.25) is 5.71 Å². The molecule has 0 bridgehead atoms. The molecule has 21 heavy (non-hydrogen) atoms. The van der Waals surface area contributed by atoms with E-state index in [2.05, 4.69) is 15.3 Å². The molecule has 2 aromatic heterocycles. The Labute approximate surface area is 123 Å². The quantitative estimate of drug-likeness (QED) is 0.762. The van der Waals surface area contributed by atoms with Crippen molar-refractivity contribution < 1.29 is 9.21 Å². The Hall–Kier alpha value is -2.60. The molecular weight excluding hydrogens is 294 g/mol. The van der Waals surface area contributed by atoms with Crippen molar-refractivity contribution in [3.8, 4) is 0 Å². The first-order chi connectivity index (χ1) is 10.1. The van der Waals surface area contributed by atoms with Crippen LogP contribution < -0.4 is 10.9 Å². The molecule has 0 unspecified atom stereocenters. The number of aryl methyl sites for hydroxylation is 1. The molecule has 0 aliphatic heterocycles. The number of furan rings is 1. The van der Waals surface area contributed by atoms with E-state index in [4.69, 9.17) is 16.0 Å². The van der Waals surface area contributed by atoms with Crippen LogP contribution in [-0.4, -0.2) is 15.9 Å². The maximum absolute atomic E-state index is 12.4. The topological polar surface area (TPSA) is 88.0 Å². The van der Waals surface area contributed by atoms with Crippen molar-refractivity contribution in [1.29, 1.82) is 0 Å². The standard InChI is InChI=1S/C14H10ClN3O3/c1-7-10(11-12(19)16-6-17-14(11)21-7)13(20)18-9-4-2-3-8(15)5-9/h2-6H,1H3,(H,18,20)(H,16,17,19). The van der Waals surface area contributed by atoms with Crippen molar-refractivity contribution in [3.63, 3.8) is 0 Å². The van der Waals surface area contributed by atoms with E-state index in [1.165, 1.54) is 6.33 Å². The smallest absolute Gasteiger partial charge is 0.262 e. The molecular formula is C14H10ClN3O3. The van der Waals surface area contributed by atoms with Crippen LogP contribution in [0.5, 0.6) is 0 Å². The zero-order chi connectivity index (χ0) is 15.0. The van der Waals surface area contributed by atoms with Crippen molar-refractivity contribution >= 4 is 34.3 Å². The normalized spacial score (nSPS) is 10.8. The molecule has 1 aromatic carbocycles. The van der Waals surface area contributed by atoms with Crippen LogP contribution in [0.25, 0.3) is 11.1 Å². The molecule has 2 heterocycles. The third kappa shape index (κ3) is 2.41. The van der Waals surface area contributed by atoms with Crippen molar-refractivity contribution in [2.24, 2.45) is 0 Å². The number of nitrogens with one attached hydrogen (secondary N) is 2. The molecule has 2 N–H and O–H groups in total. The van der Waals surface area contributed by atoms with Gasteiger partial charge in [0.1, 0.15) is 11.1 Å². The number of anilines is 1. The number of amides is 1. The first kappa shape index (κ1) is 13.4. The summed E-state index contributed by atoms with van der Waals surface area (Å²) in [6.45, 7) is 1.61. The number of carbonyl (C=O) groups is 1. The minimum Gasteiger partial charge on any atom is -0.442 e. The number of carbonyl (C=O) groups excluding carboxylic acids is 1. The van der Waals surface area contributed by atoms with Crippen molar-refractivity contribution in [1.82, 2.24) is 9.97 Å². The molecule has 106 valence electrons. The van der Waals surface area contributed by atoms with Gasteiger partial charge in [-0.1, -0.05) is 17.7 Å². The number of aromatic nitrogens is 2. The molecule has 0 saturated carbocycles. The fourth-order valence-corrected chi connectivity index (χ4v) is 2.28. The summed E-state index contributed by atoms with van der Waals surface area (Å²) < 4.78 is 5.34. The van der Waals surface area contributed by atoms with Crippen LogP contribution in [0.4, 0.5) is 5.69 Å². The van der Waals surface area contributed by atoms with E-state index in [0.29, 0.717) is 16.5 Å². The first-order valence-corrected chi connectivity index (χ1v) is 6.48. The molecule has 0 fully saturated rings. The molecule has 0 aliphatic rings. The highest BCUT2D eigenvalue weighted by Crippen LogP contribution is 2.22.